The number of hydrogen-bond acceptors (Lipinski definition) is 3. The van der Waals surface area contributed by atoms with Crippen molar-refractivity contribution < 1.29 is 18.7 Å². The van der Waals surface area contributed by atoms with Gasteiger partial charge in [-0.25, -0.2) is 4.39 Å². The Morgan fingerprint density at radius 3 is 2.24 bits per heavy atom. The number of primary amides is 1. The number of piperidine rings is 1. The van der Waals surface area contributed by atoms with Gasteiger partial charge in [0, 0.05) is 13.1 Å². The number of carbonyl (C=O) groups excluding carboxylic acids is 2. The molecule has 5 nitrogen and oxygen atoms in total. The van der Waals surface area contributed by atoms with Crippen LogP contribution in [0.25, 0.3) is 0 Å². The Bertz CT molecular complexity index is 452. The molecule has 2 heterocycles. The van der Waals surface area contributed by atoms with Gasteiger partial charge in [-0.3, -0.25) is 9.59 Å². The second-order valence-electron chi connectivity index (χ2n) is 6.09. The second-order valence-corrected chi connectivity index (χ2v) is 6.09. The molecule has 21 heavy (non-hydrogen) atoms. The molecule has 0 aromatic heterocycles. The molecule has 2 rings (SSSR count). The fourth-order valence-electron chi connectivity index (χ4n) is 3.05. The summed E-state index contributed by atoms with van der Waals surface area (Å²) in [5, 5.41) is 0. The minimum Gasteiger partial charge on any atom is -0.367 e. The molecular weight excluding hydrogens is 275 g/mol. The molecule has 2 amide bonds. The van der Waals surface area contributed by atoms with Gasteiger partial charge in [-0.1, -0.05) is 0 Å². The summed E-state index contributed by atoms with van der Waals surface area (Å²) in [5.74, 6) is -1.26. The van der Waals surface area contributed by atoms with Crippen LogP contribution in [0.5, 0.6) is 0 Å². The molecule has 118 valence electrons. The van der Waals surface area contributed by atoms with Crippen LogP contribution in [0.2, 0.25) is 0 Å². The van der Waals surface area contributed by atoms with E-state index >= 15 is 0 Å². The number of likely N-dealkylation sites (tertiary alicyclic amines) is 1. The molecule has 2 fully saturated rings. The van der Waals surface area contributed by atoms with Gasteiger partial charge in [-0.2, -0.15) is 0 Å². The summed E-state index contributed by atoms with van der Waals surface area (Å²) in [6, 6.07) is 0. The molecule has 0 spiro atoms. The van der Waals surface area contributed by atoms with E-state index in [-0.39, 0.29) is 6.10 Å². The highest BCUT2D eigenvalue weighted by Crippen LogP contribution is 2.32. The number of nitrogens with zero attached hydrogens (tertiary/aromatic N) is 1. The zero-order valence-corrected chi connectivity index (χ0v) is 12.6. The van der Waals surface area contributed by atoms with Crippen LogP contribution in [0.1, 0.15) is 39.5 Å². The highest BCUT2D eigenvalue weighted by Gasteiger charge is 2.36. The molecule has 0 bridgehead atoms. The predicted octanol–water partition coefficient (Wildman–Crippen LogP) is 1.52. The van der Waals surface area contributed by atoms with Crippen molar-refractivity contribution in [1.82, 2.24) is 4.90 Å². The zero-order chi connectivity index (χ0) is 15.6. The number of rotatable bonds is 3. The van der Waals surface area contributed by atoms with Gasteiger partial charge in [-0.15, -0.1) is 0 Å². The summed E-state index contributed by atoms with van der Waals surface area (Å²) in [7, 11) is 0. The van der Waals surface area contributed by atoms with Crippen LogP contribution in [0.3, 0.4) is 0 Å². The third-order valence-corrected chi connectivity index (χ3v) is 4.35. The molecule has 2 aliphatic rings. The van der Waals surface area contributed by atoms with E-state index in [0.717, 1.165) is 19.3 Å². The third kappa shape index (κ3) is 3.61. The topological polar surface area (TPSA) is 72.6 Å². The van der Waals surface area contributed by atoms with Gasteiger partial charge in [0.05, 0.1) is 6.10 Å². The lowest BCUT2D eigenvalue weighted by Crippen LogP contribution is -2.42. The molecule has 0 aliphatic carbocycles. The Morgan fingerprint density at radius 2 is 1.76 bits per heavy atom. The van der Waals surface area contributed by atoms with Crippen molar-refractivity contribution in [2.24, 2.45) is 11.7 Å². The molecule has 2 saturated heterocycles. The standard InChI is InChI=1S/C15H23FN2O3/c1-9(2)13(16)15(20)18-7-5-10(6-8-18)11-3-4-12(21-11)14(17)19/h10-12H,3-8H2,1-2H3,(H2,17,19)/t11-,12+/m0/s1. The van der Waals surface area contributed by atoms with E-state index in [1.54, 1.807) is 18.7 Å². The summed E-state index contributed by atoms with van der Waals surface area (Å²) >= 11 is 0. The molecule has 0 radical (unpaired) electrons. The van der Waals surface area contributed by atoms with E-state index in [1.165, 1.54) is 0 Å². The first-order valence-electron chi connectivity index (χ1n) is 7.47. The maximum absolute atomic E-state index is 13.7. The van der Waals surface area contributed by atoms with E-state index in [1.807, 2.05) is 0 Å². The number of amides is 2. The molecule has 0 aromatic rings. The first-order chi connectivity index (χ1) is 9.90. The van der Waals surface area contributed by atoms with Gasteiger partial charge in [0.15, 0.2) is 5.83 Å². The zero-order valence-electron chi connectivity index (χ0n) is 12.6. The quantitative estimate of drug-likeness (QED) is 0.803. The summed E-state index contributed by atoms with van der Waals surface area (Å²) < 4.78 is 19.3. The van der Waals surface area contributed by atoms with Crippen LogP contribution < -0.4 is 5.73 Å². The van der Waals surface area contributed by atoms with Crippen molar-refractivity contribution in [3.05, 3.63) is 11.4 Å². The van der Waals surface area contributed by atoms with Gasteiger partial charge in [0.2, 0.25) is 5.91 Å². The maximum Gasteiger partial charge on any atom is 0.282 e. The van der Waals surface area contributed by atoms with Gasteiger partial charge >= 0.3 is 0 Å². The summed E-state index contributed by atoms with van der Waals surface area (Å²) in [6.45, 7) is 4.25. The van der Waals surface area contributed by atoms with Crippen LogP contribution in [0.15, 0.2) is 11.4 Å². The largest absolute Gasteiger partial charge is 0.367 e. The number of allylic oxidation sites excluding steroid dienone is 1. The monoisotopic (exact) mass is 298 g/mol. The molecule has 6 heteroatoms. The smallest absolute Gasteiger partial charge is 0.282 e. The lowest BCUT2D eigenvalue weighted by Gasteiger charge is -2.34. The Hall–Kier alpha value is -1.43. The summed E-state index contributed by atoms with van der Waals surface area (Å²) in [5.41, 5.74) is 5.66. The maximum atomic E-state index is 13.7. The Kier molecular flexibility index (Phi) is 4.98. The minimum absolute atomic E-state index is 0.0352. The highest BCUT2D eigenvalue weighted by atomic mass is 19.1. The molecule has 2 N–H and O–H groups in total. The average Bonchev–Trinajstić information content (AvgIpc) is 2.96. The minimum atomic E-state index is -0.653. The fourth-order valence-corrected chi connectivity index (χ4v) is 3.05. The summed E-state index contributed by atoms with van der Waals surface area (Å²) in [6.07, 6.45) is 2.61. The van der Waals surface area contributed by atoms with Crippen LogP contribution in [-0.4, -0.2) is 42.0 Å². The van der Waals surface area contributed by atoms with E-state index in [0.29, 0.717) is 31.0 Å². The van der Waals surface area contributed by atoms with Gasteiger partial charge in [-0.05, 0) is 51.0 Å². The molecule has 0 aromatic carbocycles. The van der Waals surface area contributed by atoms with Crippen molar-refractivity contribution >= 4 is 11.8 Å². The van der Waals surface area contributed by atoms with Crippen molar-refractivity contribution in [2.45, 2.75) is 51.7 Å². The number of hydrogen-bond donors (Lipinski definition) is 1. The van der Waals surface area contributed by atoms with Crippen molar-refractivity contribution in [2.75, 3.05) is 13.1 Å². The van der Waals surface area contributed by atoms with Crippen molar-refractivity contribution in [3.8, 4) is 0 Å². The summed E-state index contributed by atoms with van der Waals surface area (Å²) in [4.78, 5) is 24.6. The van der Waals surface area contributed by atoms with Crippen molar-refractivity contribution in [1.29, 1.82) is 0 Å². The highest BCUT2D eigenvalue weighted by molar-refractivity contribution is 5.91. The predicted molar refractivity (Wildman–Crippen MR) is 75.9 cm³/mol. The molecule has 0 unspecified atom stereocenters. The molecule has 0 saturated carbocycles. The molecule has 2 aliphatic heterocycles. The van der Waals surface area contributed by atoms with Gasteiger partial charge in [0.1, 0.15) is 6.10 Å². The molecule has 2 atom stereocenters. The van der Waals surface area contributed by atoms with Gasteiger partial charge < -0.3 is 15.4 Å². The fraction of sp³-hybridized carbons (Fsp3) is 0.733. The lowest BCUT2D eigenvalue weighted by atomic mass is 9.89. The first kappa shape index (κ1) is 15.9. The molecular formula is C15H23FN2O3. The van der Waals surface area contributed by atoms with E-state index in [9.17, 15) is 14.0 Å². The second kappa shape index (κ2) is 6.56. The van der Waals surface area contributed by atoms with E-state index in [4.69, 9.17) is 10.5 Å². The van der Waals surface area contributed by atoms with Crippen LogP contribution >= 0.6 is 0 Å². The SMILES string of the molecule is CC(C)=C(F)C(=O)N1CCC([C@@H]2CC[C@H](C(N)=O)O2)CC1. The van der Waals surface area contributed by atoms with Crippen LogP contribution in [0, 0.1) is 5.92 Å². The number of halogens is 1. The Labute approximate surface area is 124 Å². The first-order valence-corrected chi connectivity index (χ1v) is 7.47. The van der Waals surface area contributed by atoms with E-state index < -0.39 is 23.7 Å². The number of nitrogens with two attached hydrogens (primary N) is 1. The Morgan fingerprint density at radius 1 is 1.14 bits per heavy atom. The average molecular weight is 298 g/mol. The normalized spacial score (nSPS) is 26.7. The Balaban J connectivity index is 1.85. The number of ether oxygens (including phenoxy) is 1. The van der Waals surface area contributed by atoms with Gasteiger partial charge in [0.25, 0.3) is 5.91 Å². The number of carbonyl (C=O) groups is 2. The van der Waals surface area contributed by atoms with Crippen LogP contribution in [-0.2, 0) is 14.3 Å². The van der Waals surface area contributed by atoms with E-state index in [2.05, 4.69) is 0 Å². The van der Waals surface area contributed by atoms with Crippen LogP contribution in [0.4, 0.5) is 4.39 Å². The lowest BCUT2D eigenvalue weighted by molar-refractivity contribution is -0.132. The van der Waals surface area contributed by atoms with Crippen molar-refractivity contribution in [3.63, 3.8) is 0 Å². The third-order valence-electron chi connectivity index (χ3n) is 4.35.